The number of hydrogen-bond acceptors (Lipinski definition) is 6. The van der Waals surface area contributed by atoms with Crippen LogP contribution >= 0.6 is 0 Å². The van der Waals surface area contributed by atoms with E-state index in [1.807, 2.05) is 30.2 Å². The lowest BCUT2D eigenvalue weighted by Gasteiger charge is -2.26. The van der Waals surface area contributed by atoms with Crippen LogP contribution in [-0.4, -0.2) is 67.1 Å². The minimum absolute atomic E-state index is 0.0820. The van der Waals surface area contributed by atoms with Crippen LogP contribution in [0.3, 0.4) is 0 Å². The van der Waals surface area contributed by atoms with Crippen molar-refractivity contribution in [3.05, 3.63) is 16.8 Å². The molecule has 0 aliphatic carbocycles. The Bertz CT molecular complexity index is 910. The molecule has 3 rings (SSSR count). The zero-order valence-electron chi connectivity index (χ0n) is 17.4. The summed E-state index contributed by atoms with van der Waals surface area (Å²) in [6, 6.07) is 2.09. The molecule has 0 aromatic carbocycles. The van der Waals surface area contributed by atoms with Crippen molar-refractivity contribution in [2.45, 2.75) is 58.7 Å². The van der Waals surface area contributed by atoms with Crippen LogP contribution in [0.15, 0.2) is 0 Å². The number of rotatable bonds is 7. The van der Waals surface area contributed by atoms with E-state index in [-0.39, 0.29) is 36.1 Å². The first-order valence-corrected chi connectivity index (χ1v) is 12.0. The fourth-order valence-electron chi connectivity index (χ4n) is 4.27. The molecule has 1 amide bonds. The quantitative estimate of drug-likeness (QED) is 0.716. The molecular formula is C20H30N4O4S. The molecule has 160 valence electrons. The third kappa shape index (κ3) is 4.82. The summed E-state index contributed by atoms with van der Waals surface area (Å²) in [6.45, 7) is 7.79. The van der Waals surface area contributed by atoms with Crippen LogP contribution in [0.4, 0.5) is 5.82 Å². The Morgan fingerprint density at radius 1 is 1.38 bits per heavy atom. The minimum atomic E-state index is -3.01. The van der Waals surface area contributed by atoms with Crippen molar-refractivity contribution in [3.8, 4) is 6.07 Å². The van der Waals surface area contributed by atoms with E-state index < -0.39 is 9.84 Å². The van der Waals surface area contributed by atoms with Gasteiger partial charge in [0.15, 0.2) is 9.84 Å². The van der Waals surface area contributed by atoms with E-state index >= 15 is 0 Å². The Morgan fingerprint density at radius 2 is 2.14 bits per heavy atom. The summed E-state index contributed by atoms with van der Waals surface area (Å²) in [5.41, 5.74) is 2.27. The van der Waals surface area contributed by atoms with Crippen LogP contribution in [0.2, 0.25) is 0 Å². The summed E-state index contributed by atoms with van der Waals surface area (Å²) in [6.07, 6.45) is 2.62. The summed E-state index contributed by atoms with van der Waals surface area (Å²) in [5, 5.41) is 12.6. The zero-order chi connectivity index (χ0) is 21.2. The van der Waals surface area contributed by atoms with Crippen molar-refractivity contribution < 1.29 is 17.9 Å². The van der Waals surface area contributed by atoms with E-state index in [0.717, 1.165) is 30.7 Å². The van der Waals surface area contributed by atoms with Gasteiger partial charge in [-0.25, -0.2) is 8.42 Å². The largest absolute Gasteiger partial charge is 0.376 e. The van der Waals surface area contributed by atoms with Gasteiger partial charge < -0.3 is 14.6 Å². The molecular weight excluding hydrogens is 392 g/mol. The third-order valence-corrected chi connectivity index (χ3v) is 7.84. The Kier molecular flexibility index (Phi) is 6.66. The smallest absolute Gasteiger partial charge is 0.239 e. The average molecular weight is 423 g/mol. The van der Waals surface area contributed by atoms with Crippen LogP contribution in [0, 0.1) is 25.2 Å². The van der Waals surface area contributed by atoms with Crippen LogP contribution in [0.25, 0.3) is 0 Å². The molecule has 2 aliphatic rings. The first-order chi connectivity index (χ1) is 13.8. The molecule has 3 heterocycles. The maximum absolute atomic E-state index is 12.8. The highest BCUT2D eigenvalue weighted by Gasteiger charge is 2.33. The van der Waals surface area contributed by atoms with Gasteiger partial charge in [0.25, 0.3) is 0 Å². The van der Waals surface area contributed by atoms with E-state index in [0.29, 0.717) is 30.9 Å². The van der Waals surface area contributed by atoms with Gasteiger partial charge >= 0.3 is 0 Å². The number of amides is 1. The first kappa shape index (κ1) is 21.8. The number of aromatic nitrogens is 1. The lowest BCUT2D eigenvalue weighted by molar-refractivity contribution is -0.117. The Labute approximate surface area is 172 Å². The van der Waals surface area contributed by atoms with Crippen LogP contribution < -0.4 is 5.32 Å². The Balaban J connectivity index is 1.76. The number of ether oxygens (including phenoxy) is 1. The molecule has 9 heteroatoms. The summed E-state index contributed by atoms with van der Waals surface area (Å²) in [5.74, 6) is 0.555. The number of anilines is 1. The zero-order valence-corrected chi connectivity index (χ0v) is 18.2. The number of likely N-dealkylation sites (N-methyl/N-ethyl adjacent to an activating group) is 1. The predicted octanol–water partition coefficient (Wildman–Crippen LogP) is 1.60. The highest BCUT2D eigenvalue weighted by molar-refractivity contribution is 7.91. The molecule has 0 unspecified atom stereocenters. The molecule has 29 heavy (non-hydrogen) atoms. The topological polar surface area (TPSA) is 104 Å². The molecule has 1 aromatic heterocycles. The highest BCUT2D eigenvalue weighted by atomic mass is 32.2. The fraction of sp³-hybridized carbons (Fsp3) is 0.700. The van der Waals surface area contributed by atoms with Gasteiger partial charge in [-0.2, -0.15) is 5.26 Å². The number of hydrogen-bond donors (Lipinski definition) is 1. The maximum atomic E-state index is 12.8. The van der Waals surface area contributed by atoms with Crippen molar-refractivity contribution in [1.82, 2.24) is 9.47 Å². The van der Waals surface area contributed by atoms with Gasteiger partial charge in [0.1, 0.15) is 11.9 Å². The lowest BCUT2D eigenvalue weighted by Crippen LogP contribution is -2.41. The van der Waals surface area contributed by atoms with Crippen molar-refractivity contribution in [3.63, 3.8) is 0 Å². The van der Waals surface area contributed by atoms with Crippen molar-refractivity contribution >= 4 is 21.6 Å². The second-order valence-corrected chi connectivity index (χ2v) is 10.2. The number of nitrogens with zero attached hydrogens (tertiary/aromatic N) is 3. The lowest BCUT2D eigenvalue weighted by atomic mass is 10.2. The van der Waals surface area contributed by atoms with Gasteiger partial charge in [0.2, 0.25) is 5.91 Å². The minimum Gasteiger partial charge on any atom is -0.376 e. The first-order valence-electron chi connectivity index (χ1n) is 10.2. The number of carbonyl (C=O) groups excluding carboxylic acids is 1. The second-order valence-electron chi connectivity index (χ2n) is 7.96. The monoisotopic (exact) mass is 422 g/mol. The standard InChI is InChI=1S/C20H30N4O4S/c1-4-23(16-7-9-29(26,27)13-16)12-19(25)22-20-18(10-21)14(2)15(3)24(20)11-17-6-5-8-28-17/h16-17H,4-9,11-13H2,1-3H3,(H,22,25)/t16-,17+/m0/s1. The summed E-state index contributed by atoms with van der Waals surface area (Å²) >= 11 is 0. The molecule has 2 atom stereocenters. The van der Waals surface area contributed by atoms with E-state index in [9.17, 15) is 18.5 Å². The third-order valence-electron chi connectivity index (χ3n) is 6.09. The summed E-state index contributed by atoms with van der Waals surface area (Å²) < 4.78 is 31.3. The summed E-state index contributed by atoms with van der Waals surface area (Å²) in [7, 11) is -3.01. The molecule has 1 N–H and O–H groups in total. The average Bonchev–Trinajstić information content (AvgIpc) is 3.36. The number of nitrogens with one attached hydrogen (secondary N) is 1. The fourth-order valence-corrected chi connectivity index (χ4v) is 6.03. The van der Waals surface area contributed by atoms with Crippen LogP contribution in [0.1, 0.15) is 43.0 Å². The van der Waals surface area contributed by atoms with Gasteiger partial charge in [-0.15, -0.1) is 0 Å². The summed E-state index contributed by atoms with van der Waals surface area (Å²) in [4.78, 5) is 14.7. The van der Waals surface area contributed by atoms with Crippen molar-refractivity contribution in [2.24, 2.45) is 0 Å². The van der Waals surface area contributed by atoms with E-state index in [1.54, 1.807) is 0 Å². The maximum Gasteiger partial charge on any atom is 0.239 e. The molecule has 8 nitrogen and oxygen atoms in total. The SMILES string of the molecule is CCN(CC(=O)Nc1c(C#N)c(C)c(C)n1C[C@H]1CCCO1)[C@H]1CCS(=O)(=O)C1. The number of sulfone groups is 1. The molecule has 2 saturated heterocycles. The molecule has 1 aromatic rings. The van der Waals surface area contributed by atoms with E-state index in [2.05, 4.69) is 11.4 Å². The molecule has 2 fully saturated rings. The predicted molar refractivity (Wildman–Crippen MR) is 111 cm³/mol. The molecule has 0 saturated carbocycles. The van der Waals surface area contributed by atoms with Crippen molar-refractivity contribution in [1.29, 1.82) is 5.26 Å². The van der Waals surface area contributed by atoms with Crippen molar-refractivity contribution in [2.75, 3.05) is 36.5 Å². The molecule has 0 bridgehead atoms. The van der Waals surface area contributed by atoms with Gasteiger partial charge in [0, 0.05) is 18.3 Å². The van der Waals surface area contributed by atoms with Gasteiger partial charge in [-0.1, -0.05) is 6.92 Å². The van der Waals surface area contributed by atoms with Crippen LogP contribution in [0.5, 0.6) is 0 Å². The van der Waals surface area contributed by atoms with Gasteiger partial charge in [-0.05, 0) is 45.2 Å². The van der Waals surface area contributed by atoms with Crippen LogP contribution in [-0.2, 0) is 25.9 Å². The Morgan fingerprint density at radius 3 is 2.69 bits per heavy atom. The number of nitriles is 1. The highest BCUT2D eigenvalue weighted by Crippen LogP contribution is 2.28. The van der Waals surface area contributed by atoms with E-state index in [1.165, 1.54) is 0 Å². The molecule has 0 spiro atoms. The number of carbonyl (C=O) groups is 1. The van der Waals surface area contributed by atoms with Gasteiger partial charge in [0.05, 0.1) is 36.3 Å². The normalized spacial score (nSPS) is 23.4. The van der Waals surface area contributed by atoms with Gasteiger partial charge in [-0.3, -0.25) is 9.69 Å². The molecule has 2 aliphatic heterocycles. The van der Waals surface area contributed by atoms with E-state index in [4.69, 9.17) is 4.74 Å². The Hall–Kier alpha value is -1.89. The molecule has 0 radical (unpaired) electrons. The second kappa shape index (κ2) is 8.86.